The van der Waals surface area contributed by atoms with E-state index in [-0.39, 0.29) is 11.9 Å². The molecule has 8 nitrogen and oxygen atoms in total. The molecule has 24 heavy (non-hydrogen) atoms. The van der Waals surface area contributed by atoms with E-state index in [2.05, 4.69) is 20.6 Å². The Morgan fingerprint density at radius 2 is 2.38 bits per heavy atom. The molecule has 0 unspecified atom stereocenters. The Hall–Kier alpha value is -2.55. The number of likely N-dealkylation sites (tertiary alicyclic amines) is 1. The van der Waals surface area contributed by atoms with Crippen LogP contribution in [0.5, 0.6) is 0 Å². The zero-order valence-corrected chi connectivity index (χ0v) is 14.1. The molecule has 3 aromatic heterocycles. The van der Waals surface area contributed by atoms with Crippen LogP contribution in [0.15, 0.2) is 30.2 Å². The maximum atomic E-state index is 13.1. The molecule has 0 N–H and O–H groups in total. The lowest BCUT2D eigenvalue weighted by atomic mass is 10.2. The summed E-state index contributed by atoms with van der Waals surface area (Å²) in [5.74, 6) is 0.0434. The molecule has 1 atom stereocenters. The topological polar surface area (TPSA) is 81.7 Å². The van der Waals surface area contributed by atoms with Crippen molar-refractivity contribution in [3.63, 3.8) is 0 Å². The van der Waals surface area contributed by atoms with Gasteiger partial charge in [0.2, 0.25) is 0 Å². The Kier molecular flexibility index (Phi) is 3.85. The number of aryl methyl sites for hydroxylation is 1. The van der Waals surface area contributed by atoms with E-state index in [0.717, 1.165) is 37.2 Å². The van der Waals surface area contributed by atoms with Crippen LogP contribution in [0.25, 0.3) is 5.69 Å². The minimum Gasteiger partial charge on any atom is -0.333 e. The van der Waals surface area contributed by atoms with Crippen LogP contribution >= 0.6 is 11.3 Å². The van der Waals surface area contributed by atoms with Crippen molar-refractivity contribution in [2.75, 3.05) is 6.54 Å². The molecule has 1 aliphatic heterocycles. The van der Waals surface area contributed by atoms with Gasteiger partial charge in [-0.2, -0.15) is 9.78 Å². The lowest BCUT2D eigenvalue weighted by molar-refractivity contribution is 0.0726. The van der Waals surface area contributed by atoms with E-state index in [1.54, 1.807) is 0 Å². The summed E-state index contributed by atoms with van der Waals surface area (Å²) in [4.78, 5) is 15.7. The van der Waals surface area contributed by atoms with Gasteiger partial charge in [-0.3, -0.25) is 9.48 Å². The van der Waals surface area contributed by atoms with E-state index in [0.29, 0.717) is 4.88 Å². The second kappa shape index (κ2) is 6.16. The van der Waals surface area contributed by atoms with Crippen LogP contribution in [0, 0.1) is 6.92 Å². The molecule has 4 heterocycles. The third-order valence-electron chi connectivity index (χ3n) is 4.23. The summed E-state index contributed by atoms with van der Waals surface area (Å²) in [5.41, 5.74) is 1.86. The van der Waals surface area contributed by atoms with Crippen LogP contribution in [0.4, 0.5) is 0 Å². The van der Waals surface area contributed by atoms with Gasteiger partial charge in [0.05, 0.1) is 24.5 Å². The van der Waals surface area contributed by atoms with E-state index in [4.69, 9.17) is 0 Å². The summed E-state index contributed by atoms with van der Waals surface area (Å²) < 4.78 is 3.45. The van der Waals surface area contributed by atoms with Crippen LogP contribution in [0.2, 0.25) is 0 Å². The highest BCUT2D eigenvalue weighted by Gasteiger charge is 2.32. The normalized spacial score (nSPS) is 17.5. The molecule has 124 valence electrons. The monoisotopic (exact) mass is 343 g/mol. The number of carbonyl (C=O) groups is 1. The van der Waals surface area contributed by atoms with Crippen LogP contribution in [-0.2, 0) is 6.54 Å². The number of hydrogen-bond donors (Lipinski definition) is 0. The zero-order valence-electron chi connectivity index (χ0n) is 13.2. The minimum atomic E-state index is 0.0434. The first-order valence-corrected chi connectivity index (χ1v) is 8.71. The van der Waals surface area contributed by atoms with Gasteiger partial charge in [-0.15, -0.1) is 16.4 Å². The number of thiophene rings is 1. The average molecular weight is 343 g/mol. The van der Waals surface area contributed by atoms with Gasteiger partial charge in [-0.05, 0) is 47.2 Å². The fourth-order valence-electron chi connectivity index (χ4n) is 3.12. The summed E-state index contributed by atoms with van der Waals surface area (Å²) in [5, 5.41) is 17.4. The molecule has 1 amide bonds. The van der Waals surface area contributed by atoms with Gasteiger partial charge in [0.25, 0.3) is 5.91 Å². The third-order valence-corrected chi connectivity index (χ3v) is 5.12. The van der Waals surface area contributed by atoms with Crippen molar-refractivity contribution in [1.82, 2.24) is 34.9 Å². The largest absolute Gasteiger partial charge is 0.333 e. The fraction of sp³-hybridized carbons (Fsp3) is 0.400. The molecule has 1 fully saturated rings. The summed E-state index contributed by atoms with van der Waals surface area (Å²) in [6.45, 7) is 3.52. The molecule has 0 spiro atoms. The smallest absolute Gasteiger partial charge is 0.266 e. The molecule has 0 radical (unpaired) electrons. The summed E-state index contributed by atoms with van der Waals surface area (Å²) >= 11 is 1.43. The van der Waals surface area contributed by atoms with Crippen molar-refractivity contribution >= 4 is 17.2 Å². The van der Waals surface area contributed by atoms with Gasteiger partial charge in [0.1, 0.15) is 11.2 Å². The number of nitrogens with zero attached hydrogens (tertiary/aromatic N) is 7. The fourth-order valence-corrected chi connectivity index (χ4v) is 3.95. The van der Waals surface area contributed by atoms with Crippen LogP contribution < -0.4 is 0 Å². The van der Waals surface area contributed by atoms with Crippen molar-refractivity contribution in [3.8, 4) is 5.69 Å². The van der Waals surface area contributed by atoms with E-state index in [1.807, 2.05) is 40.3 Å². The van der Waals surface area contributed by atoms with E-state index >= 15 is 0 Å². The standard InChI is InChI=1S/C15H17N7OS/c1-11-7-17-20(8-11)9-12-3-2-5-21(12)15(23)14-13(4-6-24-14)22-10-16-18-19-22/h4,6-8,10,12H,2-3,5,9H2,1H3/t12-/m0/s1. The Labute approximate surface area is 142 Å². The highest BCUT2D eigenvalue weighted by Crippen LogP contribution is 2.27. The van der Waals surface area contributed by atoms with Crippen molar-refractivity contribution in [2.24, 2.45) is 0 Å². The Morgan fingerprint density at radius 3 is 3.12 bits per heavy atom. The predicted octanol–water partition coefficient (Wildman–Crippen LogP) is 1.53. The summed E-state index contributed by atoms with van der Waals surface area (Å²) in [6.07, 6.45) is 7.38. The SMILES string of the molecule is Cc1cnn(C[C@@H]2CCCN2C(=O)c2sccc2-n2cnnn2)c1. The molecule has 1 saturated heterocycles. The molecular weight excluding hydrogens is 326 g/mol. The van der Waals surface area contributed by atoms with Crippen LogP contribution in [0.1, 0.15) is 28.1 Å². The first-order chi connectivity index (χ1) is 11.7. The summed E-state index contributed by atoms with van der Waals surface area (Å²) in [6, 6.07) is 2.04. The van der Waals surface area contributed by atoms with Crippen molar-refractivity contribution < 1.29 is 4.79 Å². The van der Waals surface area contributed by atoms with Crippen LogP contribution in [-0.4, -0.2) is 53.4 Å². The van der Waals surface area contributed by atoms with E-state index < -0.39 is 0 Å². The van der Waals surface area contributed by atoms with Crippen molar-refractivity contribution in [1.29, 1.82) is 0 Å². The summed E-state index contributed by atoms with van der Waals surface area (Å²) in [7, 11) is 0. The Balaban J connectivity index is 1.56. The first-order valence-electron chi connectivity index (χ1n) is 7.83. The molecule has 1 aliphatic rings. The van der Waals surface area contributed by atoms with Gasteiger partial charge in [-0.1, -0.05) is 0 Å². The third kappa shape index (κ3) is 2.71. The maximum absolute atomic E-state index is 13.1. The van der Waals surface area contributed by atoms with E-state index in [9.17, 15) is 4.79 Å². The molecule has 0 aromatic carbocycles. The second-order valence-electron chi connectivity index (χ2n) is 5.92. The van der Waals surface area contributed by atoms with E-state index in [1.165, 1.54) is 22.3 Å². The highest BCUT2D eigenvalue weighted by molar-refractivity contribution is 7.12. The van der Waals surface area contributed by atoms with Crippen molar-refractivity contribution in [3.05, 3.63) is 40.6 Å². The van der Waals surface area contributed by atoms with Crippen molar-refractivity contribution in [2.45, 2.75) is 32.4 Å². The molecule has 0 bridgehead atoms. The Bertz CT molecular complexity index is 838. The second-order valence-corrected chi connectivity index (χ2v) is 6.84. The number of amides is 1. The van der Waals surface area contributed by atoms with Crippen LogP contribution in [0.3, 0.4) is 0 Å². The van der Waals surface area contributed by atoms with Gasteiger partial charge in [0.15, 0.2) is 0 Å². The number of aromatic nitrogens is 6. The predicted molar refractivity (Wildman–Crippen MR) is 88.1 cm³/mol. The minimum absolute atomic E-state index is 0.0434. The maximum Gasteiger partial charge on any atom is 0.266 e. The zero-order chi connectivity index (χ0) is 16.5. The quantitative estimate of drug-likeness (QED) is 0.717. The van der Waals surface area contributed by atoms with Gasteiger partial charge >= 0.3 is 0 Å². The number of rotatable bonds is 4. The Morgan fingerprint density at radius 1 is 1.46 bits per heavy atom. The number of carbonyl (C=O) groups excluding carboxylic acids is 1. The average Bonchev–Trinajstić information content (AvgIpc) is 3.35. The molecule has 4 rings (SSSR count). The highest BCUT2D eigenvalue weighted by atomic mass is 32.1. The van der Waals surface area contributed by atoms with Gasteiger partial charge in [-0.25, -0.2) is 0 Å². The lowest BCUT2D eigenvalue weighted by Gasteiger charge is -2.24. The van der Waals surface area contributed by atoms with Gasteiger partial charge in [0, 0.05) is 12.7 Å². The molecule has 3 aromatic rings. The molecule has 9 heteroatoms. The number of hydrogen-bond acceptors (Lipinski definition) is 6. The number of tetrazole rings is 1. The molecule has 0 saturated carbocycles. The first kappa shape index (κ1) is 15.0. The lowest BCUT2D eigenvalue weighted by Crippen LogP contribution is -2.38. The van der Waals surface area contributed by atoms with Gasteiger partial charge < -0.3 is 4.90 Å². The molecular formula is C15H17N7OS. The molecule has 0 aliphatic carbocycles.